The number of rotatable bonds is 4. The minimum Gasteiger partial charge on any atom is -0.272 e. The quantitative estimate of drug-likeness (QED) is 0.491. The summed E-state index contributed by atoms with van der Waals surface area (Å²) in [5.41, 5.74) is 3.00. The van der Waals surface area contributed by atoms with E-state index in [1.54, 1.807) is 0 Å². The summed E-state index contributed by atoms with van der Waals surface area (Å²) < 4.78 is 50.6. The Labute approximate surface area is 143 Å². The monoisotopic (exact) mass is 373 g/mol. The van der Waals surface area contributed by atoms with Gasteiger partial charge in [0.1, 0.15) is 5.82 Å². The maximum Gasteiger partial charge on any atom is 0.417 e. The molecule has 0 unspecified atom stereocenters. The molecule has 0 aliphatic rings. The highest BCUT2D eigenvalue weighted by molar-refractivity contribution is 7.99. The first-order chi connectivity index (χ1) is 11.8. The third-order valence-electron chi connectivity index (χ3n) is 2.85. The molecule has 2 amide bonds. The van der Waals surface area contributed by atoms with Gasteiger partial charge in [0.25, 0.3) is 5.91 Å². The van der Waals surface area contributed by atoms with Crippen molar-refractivity contribution < 1.29 is 27.2 Å². The Bertz CT molecular complexity index is 766. The Hall–Kier alpha value is -2.62. The summed E-state index contributed by atoms with van der Waals surface area (Å²) in [4.78, 5) is 26.9. The van der Waals surface area contributed by atoms with Gasteiger partial charge >= 0.3 is 6.18 Å². The van der Waals surface area contributed by atoms with Crippen LogP contribution < -0.4 is 10.9 Å². The number of hydrogen-bond donors (Lipinski definition) is 2. The highest BCUT2D eigenvalue weighted by atomic mass is 32.2. The smallest absolute Gasteiger partial charge is 0.272 e. The second-order valence-electron chi connectivity index (χ2n) is 4.65. The lowest BCUT2D eigenvalue weighted by Crippen LogP contribution is -2.42. The summed E-state index contributed by atoms with van der Waals surface area (Å²) in [6.07, 6.45) is -3.81. The van der Waals surface area contributed by atoms with E-state index in [1.807, 2.05) is 5.43 Å². The molecule has 0 saturated heterocycles. The van der Waals surface area contributed by atoms with Gasteiger partial charge in [-0.3, -0.25) is 20.4 Å². The van der Waals surface area contributed by atoms with Crippen molar-refractivity contribution in [2.45, 2.75) is 11.2 Å². The van der Waals surface area contributed by atoms with Gasteiger partial charge < -0.3 is 0 Å². The fourth-order valence-corrected chi connectivity index (χ4v) is 2.29. The van der Waals surface area contributed by atoms with Crippen LogP contribution in [0.3, 0.4) is 0 Å². The van der Waals surface area contributed by atoms with Crippen LogP contribution in [0.4, 0.5) is 17.6 Å². The van der Waals surface area contributed by atoms with Gasteiger partial charge in [0, 0.05) is 6.20 Å². The number of hydrogen-bond acceptors (Lipinski definition) is 4. The van der Waals surface area contributed by atoms with Crippen molar-refractivity contribution in [1.82, 2.24) is 15.8 Å². The first-order valence-electron chi connectivity index (χ1n) is 6.77. The number of alkyl halides is 3. The molecule has 25 heavy (non-hydrogen) atoms. The Morgan fingerprint density at radius 1 is 1.08 bits per heavy atom. The summed E-state index contributed by atoms with van der Waals surface area (Å²) in [5, 5.41) is 0.212. The predicted octanol–water partition coefficient (Wildman–Crippen LogP) is 2.79. The Morgan fingerprint density at radius 3 is 2.40 bits per heavy atom. The summed E-state index contributed by atoms with van der Waals surface area (Å²) in [7, 11) is 0. The number of thioether (sulfide) groups is 1. The standard InChI is InChI=1S/C15H11F4N3O2S/c16-11-4-2-1-3-10(11)14(24)22-21-12(23)8-25-13-6-5-9(7-20-13)15(17,18)19/h1-7H,8H2,(H,21,23)(H,22,24). The number of halogens is 4. The molecule has 2 rings (SSSR count). The van der Waals surface area contributed by atoms with Crippen LogP contribution in [0, 0.1) is 5.82 Å². The highest BCUT2D eigenvalue weighted by Gasteiger charge is 2.30. The number of amides is 2. The number of benzene rings is 1. The van der Waals surface area contributed by atoms with E-state index in [0.717, 1.165) is 30.0 Å². The minimum absolute atomic E-state index is 0.198. The maximum atomic E-state index is 13.4. The first kappa shape index (κ1) is 18.7. The average molecular weight is 373 g/mol. The lowest BCUT2D eigenvalue weighted by atomic mass is 10.2. The van der Waals surface area contributed by atoms with Crippen molar-refractivity contribution in [3.63, 3.8) is 0 Å². The van der Waals surface area contributed by atoms with Crippen LogP contribution in [0.25, 0.3) is 0 Å². The fraction of sp³-hybridized carbons (Fsp3) is 0.133. The average Bonchev–Trinajstić information content (AvgIpc) is 2.58. The van der Waals surface area contributed by atoms with Gasteiger partial charge in [0.05, 0.1) is 21.9 Å². The molecular weight excluding hydrogens is 362 g/mol. The topological polar surface area (TPSA) is 71.1 Å². The second kappa shape index (κ2) is 7.97. The van der Waals surface area contributed by atoms with Crippen LogP contribution >= 0.6 is 11.8 Å². The van der Waals surface area contributed by atoms with Gasteiger partial charge in [0.15, 0.2) is 0 Å². The molecule has 2 N–H and O–H groups in total. The zero-order chi connectivity index (χ0) is 18.4. The van der Waals surface area contributed by atoms with Gasteiger partial charge in [-0.15, -0.1) is 0 Å². The van der Waals surface area contributed by atoms with Crippen LogP contribution in [-0.4, -0.2) is 22.6 Å². The van der Waals surface area contributed by atoms with Crippen LogP contribution in [0.2, 0.25) is 0 Å². The van der Waals surface area contributed by atoms with E-state index in [4.69, 9.17) is 0 Å². The molecule has 1 aromatic carbocycles. The summed E-state index contributed by atoms with van der Waals surface area (Å²) >= 11 is 0.883. The van der Waals surface area contributed by atoms with E-state index in [2.05, 4.69) is 10.4 Å². The van der Waals surface area contributed by atoms with E-state index >= 15 is 0 Å². The number of aromatic nitrogens is 1. The van der Waals surface area contributed by atoms with E-state index in [0.29, 0.717) is 6.20 Å². The van der Waals surface area contributed by atoms with E-state index in [-0.39, 0.29) is 16.3 Å². The Balaban J connectivity index is 1.81. The minimum atomic E-state index is -4.48. The normalized spacial score (nSPS) is 11.0. The lowest BCUT2D eigenvalue weighted by molar-refractivity contribution is -0.137. The van der Waals surface area contributed by atoms with Gasteiger partial charge in [-0.05, 0) is 24.3 Å². The van der Waals surface area contributed by atoms with Crippen molar-refractivity contribution in [1.29, 1.82) is 0 Å². The van der Waals surface area contributed by atoms with Gasteiger partial charge in [-0.25, -0.2) is 9.37 Å². The molecule has 10 heteroatoms. The highest BCUT2D eigenvalue weighted by Crippen LogP contribution is 2.29. The zero-order valence-electron chi connectivity index (χ0n) is 12.4. The summed E-state index contributed by atoms with van der Waals surface area (Å²) in [6, 6.07) is 7.22. The molecule has 0 radical (unpaired) electrons. The molecule has 132 valence electrons. The molecule has 5 nitrogen and oxygen atoms in total. The molecule has 0 saturated carbocycles. The molecule has 1 heterocycles. The molecular formula is C15H11F4N3O2S. The number of nitrogens with zero attached hydrogens (tertiary/aromatic N) is 1. The van der Waals surface area contributed by atoms with E-state index in [1.165, 1.54) is 18.2 Å². The van der Waals surface area contributed by atoms with Crippen LogP contribution in [0.5, 0.6) is 0 Å². The Kier molecular flexibility index (Phi) is 5.97. The van der Waals surface area contributed by atoms with Gasteiger partial charge in [-0.1, -0.05) is 23.9 Å². The third kappa shape index (κ3) is 5.45. The van der Waals surface area contributed by atoms with Crippen molar-refractivity contribution >= 4 is 23.6 Å². The van der Waals surface area contributed by atoms with Crippen LogP contribution in [0.15, 0.2) is 47.6 Å². The fourth-order valence-electron chi connectivity index (χ4n) is 1.65. The number of hydrazine groups is 1. The summed E-state index contributed by atoms with van der Waals surface area (Å²) in [6.45, 7) is 0. The molecule has 0 spiro atoms. The molecule has 0 atom stereocenters. The zero-order valence-corrected chi connectivity index (χ0v) is 13.2. The van der Waals surface area contributed by atoms with Gasteiger partial charge in [-0.2, -0.15) is 13.2 Å². The van der Waals surface area contributed by atoms with Crippen molar-refractivity contribution in [3.8, 4) is 0 Å². The van der Waals surface area contributed by atoms with Crippen molar-refractivity contribution in [3.05, 3.63) is 59.5 Å². The van der Waals surface area contributed by atoms with Crippen molar-refractivity contribution in [2.24, 2.45) is 0 Å². The first-order valence-corrected chi connectivity index (χ1v) is 7.75. The largest absolute Gasteiger partial charge is 0.417 e. The lowest BCUT2D eigenvalue weighted by Gasteiger charge is -2.08. The van der Waals surface area contributed by atoms with Crippen LogP contribution in [-0.2, 0) is 11.0 Å². The molecule has 1 aromatic heterocycles. The van der Waals surface area contributed by atoms with E-state index in [9.17, 15) is 27.2 Å². The third-order valence-corrected chi connectivity index (χ3v) is 3.79. The number of carbonyl (C=O) groups is 2. The number of carbonyl (C=O) groups excluding carboxylic acids is 2. The van der Waals surface area contributed by atoms with Gasteiger partial charge in [0.2, 0.25) is 5.91 Å². The second-order valence-corrected chi connectivity index (χ2v) is 5.65. The van der Waals surface area contributed by atoms with Crippen LogP contribution in [0.1, 0.15) is 15.9 Å². The molecule has 0 bridgehead atoms. The molecule has 0 aliphatic heterocycles. The SMILES string of the molecule is O=C(CSc1ccc(C(F)(F)F)cn1)NNC(=O)c1ccccc1F. The Morgan fingerprint density at radius 2 is 1.80 bits per heavy atom. The van der Waals surface area contributed by atoms with Crippen molar-refractivity contribution in [2.75, 3.05) is 5.75 Å². The number of nitrogens with one attached hydrogen (secondary N) is 2. The van der Waals surface area contributed by atoms with E-state index < -0.39 is 29.4 Å². The molecule has 2 aromatic rings. The molecule has 0 fully saturated rings. The molecule has 0 aliphatic carbocycles. The maximum absolute atomic E-state index is 13.4. The predicted molar refractivity (Wildman–Crippen MR) is 82.0 cm³/mol. The summed E-state index contributed by atoms with van der Waals surface area (Å²) in [5.74, 6) is -2.39. The number of pyridine rings is 1.